The number of aryl methyl sites for hydroxylation is 2. The van der Waals surface area contributed by atoms with Gasteiger partial charge in [0.2, 0.25) is 4.34 Å². The van der Waals surface area contributed by atoms with Crippen LogP contribution in [0.1, 0.15) is 33.5 Å². The van der Waals surface area contributed by atoms with Gasteiger partial charge in [-0.2, -0.15) is 0 Å². The number of aromatic hydroxyl groups is 1. The van der Waals surface area contributed by atoms with Gasteiger partial charge < -0.3 is 19.0 Å². The van der Waals surface area contributed by atoms with Crippen LogP contribution in [0.25, 0.3) is 10.9 Å². The van der Waals surface area contributed by atoms with Crippen molar-refractivity contribution in [2.75, 3.05) is 6.61 Å². The molecule has 4 aromatic rings. The second-order valence-electron chi connectivity index (χ2n) is 7.10. The summed E-state index contributed by atoms with van der Waals surface area (Å²) in [5, 5.41) is 19.9. The van der Waals surface area contributed by atoms with Gasteiger partial charge in [0.15, 0.2) is 0 Å². The molecule has 0 spiro atoms. The Bertz CT molecular complexity index is 1330. The number of hydrogen-bond acceptors (Lipinski definition) is 8. The summed E-state index contributed by atoms with van der Waals surface area (Å²) in [6.45, 7) is 3.91. The minimum Gasteiger partial charge on any atom is -0.508 e. The lowest BCUT2D eigenvalue weighted by atomic mass is 9.89. The summed E-state index contributed by atoms with van der Waals surface area (Å²) in [6, 6.07) is 1.60. The lowest BCUT2D eigenvalue weighted by Crippen LogP contribution is -2.12. The Labute approximate surface area is 191 Å². The molecule has 0 aliphatic rings. The van der Waals surface area contributed by atoms with E-state index in [1.807, 2.05) is 0 Å². The maximum absolute atomic E-state index is 13.1. The Kier molecular flexibility index (Phi) is 6.16. The number of phenols is 1. The molecule has 164 valence electrons. The van der Waals surface area contributed by atoms with Crippen LogP contribution in [0.15, 0.2) is 29.1 Å². The van der Waals surface area contributed by atoms with Crippen LogP contribution < -0.4 is 5.46 Å². The van der Waals surface area contributed by atoms with Crippen LogP contribution in [0.3, 0.4) is 0 Å². The van der Waals surface area contributed by atoms with Crippen molar-refractivity contribution in [3.63, 3.8) is 0 Å². The number of fused-ring (bicyclic) bond motifs is 1. The fourth-order valence-electron chi connectivity index (χ4n) is 3.60. The molecule has 9 nitrogen and oxygen atoms in total. The summed E-state index contributed by atoms with van der Waals surface area (Å²) >= 11 is 1.25. The minimum absolute atomic E-state index is 0.0269. The monoisotopic (exact) mass is 469 g/mol. The molecular formula is C20H20BN5O4S2. The van der Waals surface area contributed by atoms with E-state index in [9.17, 15) is 14.1 Å². The molecule has 0 fully saturated rings. The summed E-state index contributed by atoms with van der Waals surface area (Å²) in [7, 11) is 6.33. The van der Waals surface area contributed by atoms with E-state index >= 15 is 0 Å². The molecule has 1 atom stereocenters. The van der Waals surface area contributed by atoms with Gasteiger partial charge in [-0.3, -0.25) is 4.21 Å². The SMILES string of the molecule is [B]c1cc2c(c(Cn3ccnc3)c1O)c(C(=O)OCC)c(CS(=O)c1nnc(C)s1)n2C. The average molecular weight is 469 g/mol. The molecule has 0 aliphatic carbocycles. The maximum atomic E-state index is 13.1. The van der Waals surface area contributed by atoms with Gasteiger partial charge in [-0.1, -0.05) is 16.8 Å². The zero-order valence-electron chi connectivity index (χ0n) is 17.7. The first-order valence-corrected chi connectivity index (χ1v) is 11.9. The van der Waals surface area contributed by atoms with Gasteiger partial charge in [0.1, 0.15) is 18.6 Å². The second kappa shape index (κ2) is 8.87. The third kappa shape index (κ3) is 3.95. The number of aromatic nitrogens is 5. The largest absolute Gasteiger partial charge is 0.508 e. The first kappa shape index (κ1) is 22.2. The summed E-state index contributed by atoms with van der Waals surface area (Å²) in [5.41, 5.74) is 2.02. The van der Waals surface area contributed by atoms with Crippen LogP contribution in [0.5, 0.6) is 5.75 Å². The molecule has 3 aromatic heterocycles. The molecule has 3 heterocycles. The number of nitrogens with zero attached hydrogens (tertiary/aromatic N) is 5. The first-order chi connectivity index (χ1) is 15.3. The molecule has 0 saturated heterocycles. The first-order valence-electron chi connectivity index (χ1n) is 9.74. The van der Waals surface area contributed by atoms with E-state index in [0.717, 1.165) is 0 Å². The fraction of sp³-hybridized carbons (Fsp3) is 0.300. The van der Waals surface area contributed by atoms with Gasteiger partial charge in [-0.25, -0.2) is 9.78 Å². The van der Waals surface area contributed by atoms with Crippen molar-refractivity contribution < 1.29 is 18.8 Å². The van der Waals surface area contributed by atoms with Gasteiger partial charge >= 0.3 is 5.97 Å². The number of rotatable bonds is 7. The highest BCUT2D eigenvalue weighted by Gasteiger charge is 2.28. The lowest BCUT2D eigenvalue weighted by molar-refractivity contribution is 0.0527. The number of carbonyl (C=O) groups excluding carboxylic acids is 1. The van der Waals surface area contributed by atoms with Gasteiger partial charge in [-0.15, -0.1) is 10.2 Å². The Balaban J connectivity index is 1.95. The molecule has 0 amide bonds. The van der Waals surface area contributed by atoms with Crippen molar-refractivity contribution in [1.29, 1.82) is 0 Å². The van der Waals surface area contributed by atoms with Crippen LogP contribution in [0, 0.1) is 6.92 Å². The van der Waals surface area contributed by atoms with Crippen molar-refractivity contribution in [3.05, 3.63) is 46.6 Å². The standard InChI is InChI=1S/C20H20BN5O4S2/c1-4-30-19(28)17-15(9-32(29)20-24-23-11(2)31-20)25(3)14-7-13(21)18(27)12(16(14)17)8-26-6-5-22-10-26/h5-7,10,27H,4,8-9H2,1-3H3. The number of imidazole rings is 1. The molecule has 1 N–H and O–H groups in total. The highest BCUT2D eigenvalue weighted by atomic mass is 32.2. The highest BCUT2D eigenvalue weighted by molar-refractivity contribution is 7.86. The second-order valence-corrected chi connectivity index (χ2v) is 9.91. The number of phenolic OH excluding ortho intramolecular Hbond substituents is 1. The van der Waals surface area contributed by atoms with E-state index in [1.165, 1.54) is 11.3 Å². The molecule has 1 aromatic carbocycles. The van der Waals surface area contributed by atoms with E-state index in [1.54, 1.807) is 54.8 Å². The van der Waals surface area contributed by atoms with Crippen molar-refractivity contribution in [1.82, 2.24) is 24.3 Å². The predicted octanol–water partition coefficient (Wildman–Crippen LogP) is 1.57. The van der Waals surface area contributed by atoms with E-state index in [4.69, 9.17) is 12.6 Å². The van der Waals surface area contributed by atoms with Gasteiger partial charge in [0, 0.05) is 41.6 Å². The van der Waals surface area contributed by atoms with Crippen molar-refractivity contribution in [2.24, 2.45) is 7.05 Å². The maximum Gasteiger partial charge on any atom is 0.340 e. The topological polar surface area (TPSA) is 112 Å². The molecule has 0 aliphatic heterocycles. The van der Waals surface area contributed by atoms with E-state index < -0.39 is 16.8 Å². The van der Waals surface area contributed by atoms with Crippen molar-refractivity contribution in [3.8, 4) is 5.75 Å². The van der Waals surface area contributed by atoms with Crippen LogP contribution in [0.2, 0.25) is 0 Å². The van der Waals surface area contributed by atoms with E-state index in [0.29, 0.717) is 31.5 Å². The van der Waals surface area contributed by atoms with Gasteiger partial charge in [0.25, 0.3) is 0 Å². The van der Waals surface area contributed by atoms with Crippen LogP contribution in [0.4, 0.5) is 0 Å². The Hall–Kier alpha value is -2.99. The molecule has 1 unspecified atom stereocenters. The number of carbonyl (C=O) groups is 1. The Morgan fingerprint density at radius 3 is 2.78 bits per heavy atom. The zero-order valence-corrected chi connectivity index (χ0v) is 19.4. The smallest absolute Gasteiger partial charge is 0.340 e. The third-order valence-corrected chi connectivity index (χ3v) is 7.51. The lowest BCUT2D eigenvalue weighted by Gasteiger charge is -2.12. The minimum atomic E-state index is -1.52. The summed E-state index contributed by atoms with van der Waals surface area (Å²) in [5.74, 6) is -0.650. The summed E-state index contributed by atoms with van der Waals surface area (Å²) < 4.78 is 22.3. The van der Waals surface area contributed by atoms with Gasteiger partial charge in [-0.05, 0) is 19.9 Å². The normalized spacial score (nSPS) is 12.3. The quantitative estimate of drug-likeness (QED) is 0.323. The Morgan fingerprint density at radius 2 is 2.16 bits per heavy atom. The third-order valence-electron chi connectivity index (χ3n) is 5.06. The Morgan fingerprint density at radius 1 is 1.38 bits per heavy atom. The molecule has 2 radical (unpaired) electrons. The predicted molar refractivity (Wildman–Crippen MR) is 122 cm³/mol. The number of benzene rings is 1. The van der Waals surface area contributed by atoms with E-state index in [2.05, 4.69) is 15.2 Å². The molecule has 0 saturated carbocycles. The number of ether oxygens (including phenoxy) is 1. The molecular weight excluding hydrogens is 449 g/mol. The molecule has 0 bridgehead atoms. The van der Waals surface area contributed by atoms with Crippen LogP contribution in [-0.4, -0.2) is 54.1 Å². The summed E-state index contributed by atoms with van der Waals surface area (Å²) in [4.78, 5) is 17.1. The number of esters is 1. The molecule has 32 heavy (non-hydrogen) atoms. The molecule has 12 heteroatoms. The average Bonchev–Trinajstić information content (AvgIpc) is 3.48. The zero-order chi connectivity index (χ0) is 23.0. The van der Waals surface area contributed by atoms with Crippen molar-refractivity contribution in [2.45, 2.75) is 30.5 Å². The highest BCUT2D eigenvalue weighted by Crippen LogP contribution is 2.35. The van der Waals surface area contributed by atoms with Crippen LogP contribution >= 0.6 is 11.3 Å². The molecule has 4 rings (SSSR count). The van der Waals surface area contributed by atoms with Crippen molar-refractivity contribution >= 4 is 52.3 Å². The van der Waals surface area contributed by atoms with E-state index in [-0.39, 0.29) is 35.7 Å². The summed E-state index contributed by atoms with van der Waals surface area (Å²) in [6.07, 6.45) is 4.97. The van der Waals surface area contributed by atoms with Gasteiger partial charge in [0.05, 0.1) is 41.6 Å². The fourth-order valence-corrected chi connectivity index (χ4v) is 5.77. The number of hydrogen-bond donors (Lipinski definition) is 1. The van der Waals surface area contributed by atoms with Crippen LogP contribution in [-0.2, 0) is 34.9 Å².